The van der Waals surface area contributed by atoms with Crippen molar-refractivity contribution in [3.05, 3.63) is 101 Å². The number of rotatable bonds is 6. The summed E-state index contributed by atoms with van der Waals surface area (Å²) in [5, 5.41) is 2.85. The second-order valence-electron chi connectivity index (χ2n) is 7.68. The number of carbonyl (C=O) groups excluding carboxylic acids is 2. The van der Waals surface area contributed by atoms with Crippen molar-refractivity contribution in [1.29, 1.82) is 0 Å². The number of esters is 1. The van der Waals surface area contributed by atoms with E-state index in [1.54, 1.807) is 31.2 Å². The molecule has 0 saturated heterocycles. The molecule has 0 atom stereocenters. The van der Waals surface area contributed by atoms with Crippen LogP contribution in [0.2, 0.25) is 0 Å². The van der Waals surface area contributed by atoms with Crippen LogP contribution in [0.1, 0.15) is 44.3 Å². The lowest BCUT2D eigenvalue weighted by molar-refractivity contribution is 0.0526. The smallest absolute Gasteiger partial charge is 0.338 e. The standard InChI is InChI=1S/C26H26N2O3/c1-2-31-26(30)22-8-5-9-24(16-22)27-25(29)21-12-10-19(11-13-21)17-28-15-14-20-6-3-4-7-23(20)18-28/h3-13,16H,2,14-15,17-18H2,1H3,(H,27,29). The van der Waals surface area contributed by atoms with Crippen molar-refractivity contribution in [3.8, 4) is 0 Å². The summed E-state index contributed by atoms with van der Waals surface area (Å²) in [6, 6.07) is 23.1. The molecule has 1 heterocycles. The first-order chi connectivity index (χ1) is 15.1. The number of carbonyl (C=O) groups is 2. The Kier molecular flexibility index (Phi) is 6.43. The third-order valence-electron chi connectivity index (χ3n) is 5.46. The molecular weight excluding hydrogens is 388 g/mol. The minimum atomic E-state index is -0.400. The average Bonchev–Trinajstić information content (AvgIpc) is 2.80. The summed E-state index contributed by atoms with van der Waals surface area (Å²) in [7, 11) is 0. The van der Waals surface area contributed by atoms with E-state index in [0.717, 1.165) is 26.1 Å². The molecule has 0 bridgehead atoms. The molecule has 1 N–H and O–H groups in total. The molecule has 0 aromatic heterocycles. The van der Waals surface area contributed by atoms with Crippen molar-refractivity contribution in [1.82, 2.24) is 4.90 Å². The number of hydrogen-bond donors (Lipinski definition) is 1. The van der Waals surface area contributed by atoms with Gasteiger partial charge in [-0.25, -0.2) is 4.79 Å². The fraction of sp³-hybridized carbons (Fsp3) is 0.231. The highest BCUT2D eigenvalue weighted by atomic mass is 16.5. The van der Waals surface area contributed by atoms with Gasteiger partial charge in [0.05, 0.1) is 12.2 Å². The van der Waals surface area contributed by atoms with E-state index >= 15 is 0 Å². The van der Waals surface area contributed by atoms with Gasteiger partial charge in [-0.2, -0.15) is 0 Å². The van der Waals surface area contributed by atoms with Gasteiger partial charge in [0.25, 0.3) is 5.91 Å². The molecule has 3 aromatic rings. The van der Waals surface area contributed by atoms with Gasteiger partial charge in [0, 0.05) is 30.9 Å². The van der Waals surface area contributed by atoms with Crippen LogP contribution in [0, 0.1) is 0 Å². The van der Waals surface area contributed by atoms with E-state index in [-0.39, 0.29) is 5.91 Å². The maximum Gasteiger partial charge on any atom is 0.338 e. The molecule has 0 radical (unpaired) electrons. The Balaban J connectivity index is 1.37. The molecule has 1 aliphatic rings. The first kappa shape index (κ1) is 20.8. The minimum Gasteiger partial charge on any atom is -0.462 e. The fourth-order valence-electron chi connectivity index (χ4n) is 3.85. The zero-order valence-corrected chi connectivity index (χ0v) is 17.6. The summed E-state index contributed by atoms with van der Waals surface area (Å²) >= 11 is 0. The highest BCUT2D eigenvalue weighted by Crippen LogP contribution is 2.20. The van der Waals surface area contributed by atoms with Gasteiger partial charge in [-0.1, -0.05) is 42.5 Å². The number of hydrogen-bond acceptors (Lipinski definition) is 4. The van der Waals surface area contributed by atoms with Crippen molar-refractivity contribution >= 4 is 17.6 Å². The first-order valence-electron chi connectivity index (χ1n) is 10.6. The predicted octanol–water partition coefficient (Wildman–Crippen LogP) is 4.67. The van der Waals surface area contributed by atoms with Crippen LogP contribution in [0.3, 0.4) is 0 Å². The van der Waals surface area contributed by atoms with Crippen LogP contribution in [0.15, 0.2) is 72.8 Å². The first-order valence-corrected chi connectivity index (χ1v) is 10.6. The molecule has 3 aromatic carbocycles. The number of amides is 1. The molecule has 1 aliphatic heterocycles. The zero-order chi connectivity index (χ0) is 21.6. The summed E-state index contributed by atoms with van der Waals surface area (Å²) < 4.78 is 5.01. The zero-order valence-electron chi connectivity index (χ0n) is 17.6. The Morgan fingerprint density at radius 3 is 2.48 bits per heavy atom. The van der Waals surface area contributed by atoms with Gasteiger partial charge in [-0.05, 0) is 60.4 Å². The van der Waals surface area contributed by atoms with Gasteiger partial charge in [0.15, 0.2) is 0 Å². The van der Waals surface area contributed by atoms with Crippen LogP contribution >= 0.6 is 0 Å². The molecule has 0 spiro atoms. The largest absolute Gasteiger partial charge is 0.462 e. The SMILES string of the molecule is CCOC(=O)c1cccc(NC(=O)c2ccc(CN3CCc4ccccc4C3)cc2)c1. The molecule has 4 rings (SSSR count). The number of nitrogens with one attached hydrogen (secondary N) is 1. The summed E-state index contributed by atoms with van der Waals surface area (Å²) in [5.74, 6) is -0.609. The van der Waals surface area contributed by atoms with Crippen molar-refractivity contribution in [3.63, 3.8) is 0 Å². The van der Waals surface area contributed by atoms with Gasteiger partial charge in [0.1, 0.15) is 0 Å². The Morgan fingerprint density at radius 1 is 0.935 bits per heavy atom. The van der Waals surface area contributed by atoms with Crippen LogP contribution in [0.4, 0.5) is 5.69 Å². The topological polar surface area (TPSA) is 58.6 Å². The molecular formula is C26H26N2O3. The quantitative estimate of drug-likeness (QED) is 0.596. The van der Waals surface area contributed by atoms with Crippen LogP contribution in [0.25, 0.3) is 0 Å². The lowest BCUT2D eigenvalue weighted by Gasteiger charge is -2.28. The Labute approximate surface area is 182 Å². The molecule has 31 heavy (non-hydrogen) atoms. The van der Waals surface area contributed by atoms with Gasteiger partial charge < -0.3 is 10.1 Å². The highest BCUT2D eigenvalue weighted by molar-refractivity contribution is 6.04. The Bertz CT molecular complexity index is 1080. The number of nitrogens with zero attached hydrogens (tertiary/aromatic N) is 1. The summed E-state index contributed by atoms with van der Waals surface area (Å²) in [6.07, 6.45) is 1.07. The van der Waals surface area contributed by atoms with E-state index in [9.17, 15) is 9.59 Å². The van der Waals surface area contributed by atoms with E-state index in [1.807, 2.05) is 24.3 Å². The van der Waals surface area contributed by atoms with E-state index < -0.39 is 5.97 Å². The third kappa shape index (κ3) is 5.19. The average molecular weight is 415 g/mol. The molecule has 0 saturated carbocycles. The van der Waals surface area contributed by atoms with E-state index in [1.165, 1.54) is 16.7 Å². The van der Waals surface area contributed by atoms with Crippen LogP contribution in [-0.4, -0.2) is 29.9 Å². The van der Waals surface area contributed by atoms with Crippen LogP contribution in [0.5, 0.6) is 0 Å². The van der Waals surface area contributed by atoms with Gasteiger partial charge in [-0.3, -0.25) is 9.69 Å². The maximum absolute atomic E-state index is 12.6. The maximum atomic E-state index is 12.6. The van der Waals surface area contributed by atoms with Gasteiger partial charge in [-0.15, -0.1) is 0 Å². The van der Waals surface area contributed by atoms with Gasteiger partial charge >= 0.3 is 5.97 Å². The van der Waals surface area contributed by atoms with Gasteiger partial charge in [0.2, 0.25) is 0 Å². The van der Waals surface area contributed by atoms with Crippen molar-refractivity contribution in [2.45, 2.75) is 26.4 Å². The van der Waals surface area contributed by atoms with Crippen LogP contribution < -0.4 is 5.32 Å². The van der Waals surface area contributed by atoms with Crippen molar-refractivity contribution in [2.24, 2.45) is 0 Å². The van der Waals surface area contributed by atoms with E-state index in [0.29, 0.717) is 23.4 Å². The number of benzene rings is 3. The second-order valence-corrected chi connectivity index (χ2v) is 7.68. The third-order valence-corrected chi connectivity index (χ3v) is 5.46. The molecule has 5 nitrogen and oxygen atoms in total. The van der Waals surface area contributed by atoms with Crippen molar-refractivity contribution < 1.29 is 14.3 Å². The molecule has 0 fully saturated rings. The Hall–Kier alpha value is -3.44. The molecule has 0 unspecified atom stereocenters. The second kappa shape index (κ2) is 9.58. The normalized spacial score (nSPS) is 13.3. The Morgan fingerprint density at radius 2 is 1.71 bits per heavy atom. The van der Waals surface area contributed by atoms with E-state index in [4.69, 9.17) is 4.74 Å². The fourth-order valence-corrected chi connectivity index (χ4v) is 3.85. The molecule has 5 heteroatoms. The van der Waals surface area contributed by atoms with E-state index in [2.05, 4.69) is 34.5 Å². The summed E-state index contributed by atoms with van der Waals surface area (Å²) in [5.41, 5.74) is 5.58. The molecule has 1 amide bonds. The molecule has 158 valence electrons. The number of fused-ring (bicyclic) bond motifs is 1. The number of anilines is 1. The van der Waals surface area contributed by atoms with Crippen LogP contribution in [-0.2, 0) is 24.2 Å². The summed E-state index contributed by atoms with van der Waals surface area (Å²) in [6.45, 7) is 4.92. The van der Waals surface area contributed by atoms with Crippen molar-refractivity contribution in [2.75, 3.05) is 18.5 Å². The lowest BCUT2D eigenvalue weighted by Crippen LogP contribution is -2.29. The highest BCUT2D eigenvalue weighted by Gasteiger charge is 2.16. The summed E-state index contributed by atoms with van der Waals surface area (Å²) in [4.78, 5) is 26.9. The monoisotopic (exact) mass is 414 g/mol. The molecule has 0 aliphatic carbocycles. The number of ether oxygens (including phenoxy) is 1. The lowest BCUT2D eigenvalue weighted by atomic mass is 9.99. The minimum absolute atomic E-state index is 0.209. The predicted molar refractivity (Wildman–Crippen MR) is 121 cm³/mol.